The minimum absolute atomic E-state index is 0.176. The van der Waals surface area contributed by atoms with Crippen LogP contribution < -0.4 is 0 Å². The second-order valence-corrected chi connectivity index (χ2v) is 6.32. The van der Waals surface area contributed by atoms with Crippen molar-refractivity contribution in [3.8, 4) is 11.8 Å². The summed E-state index contributed by atoms with van der Waals surface area (Å²) in [5, 5.41) is 10.2. The highest BCUT2D eigenvalue weighted by molar-refractivity contribution is 5.39. The van der Waals surface area contributed by atoms with E-state index in [1.165, 1.54) is 5.56 Å². The Morgan fingerprint density at radius 2 is 1.61 bits per heavy atom. The molecule has 0 radical (unpaired) electrons. The van der Waals surface area contributed by atoms with Gasteiger partial charge in [0.05, 0.1) is 0 Å². The van der Waals surface area contributed by atoms with E-state index in [4.69, 9.17) is 0 Å². The molecule has 1 aromatic rings. The van der Waals surface area contributed by atoms with E-state index in [0.717, 1.165) is 31.2 Å². The Balaban J connectivity index is 2.14. The SMILES string of the molecule is CC(C)(C)c1ccc(C#CC2(O)CCCC2)cc1. The molecule has 1 aliphatic rings. The molecule has 1 fully saturated rings. The highest BCUT2D eigenvalue weighted by Gasteiger charge is 2.28. The Morgan fingerprint density at radius 3 is 2.11 bits per heavy atom. The van der Waals surface area contributed by atoms with Crippen molar-refractivity contribution in [2.24, 2.45) is 0 Å². The molecule has 1 saturated carbocycles. The fourth-order valence-electron chi connectivity index (χ4n) is 2.33. The molecule has 0 aromatic heterocycles. The lowest BCUT2D eigenvalue weighted by molar-refractivity contribution is 0.110. The molecule has 2 rings (SSSR count). The second-order valence-electron chi connectivity index (χ2n) is 6.32. The molecule has 0 atom stereocenters. The third kappa shape index (κ3) is 3.15. The topological polar surface area (TPSA) is 20.2 Å². The maximum Gasteiger partial charge on any atom is 0.125 e. The minimum atomic E-state index is -0.733. The van der Waals surface area contributed by atoms with E-state index in [-0.39, 0.29) is 5.41 Å². The van der Waals surface area contributed by atoms with Crippen LogP contribution in [0.3, 0.4) is 0 Å². The zero-order valence-corrected chi connectivity index (χ0v) is 11.6. The summed E-state index contributed by atoms with van der Waals surface area (Å²) in [4.78, 5) is 0. The third-order valence-electron chi connectivity index (χ3n) is 3.62. The molecule has 0 heterocycles. The predicted molar refractivity (Wildman–Crippen MR) is 75.4 cm³/mol. The standard InChI is InChI=1S/C17H22O/c1-16(2,3)15-8-6-14(7-9-15)10-13-17(18)11-4-5-12-17/h6-9,18H,4-5,11-12H2,1-3H3. The van der Waals surface area contributed by atoms with Crippen molar-refractivity contribution in [1.82, 2.24) is 0 Å². The van der Waals surface area contributed by atoms with Gasteiger partial charge in [-0.1, -0.05) is 44.7 Å². The van der Waals surface area contributed by atoms with E-state index in [2.05, 4.69) is 44.7 Å². The highest BCUT2D eigenvalue weighted by Crippen LogP contribution is 2.28. The summed E-state index contributed by atoms with van der Waals surface area (Å²) in [5.74, 6) is 6.14. The van der Waals surface area contributed by atoms with Gasteiger partial charge in [-0.15, -0.1) is 0 Å². The molecule has 96 valence electrons. The summed E-state index contributed by atoms with van der Waals surface area (Å²) in [5.41, 5.74) is 1.74. The van der Waals surface area contributed by atoms with Crippen molar-refractivity contribution in [2.45, 2.75) is 57.5 Å². The second kappa shape index (κ2) is 4.78. The molecule has 1 aromatic carbocycles. The lowest BCUT2D eigenvalue weighted by atomic mass is 9.87. The van der Waals surface area contributed by atoms with Gasteiger partial charge in [0, 0.05) is 5.56 Å². The summed E-state index contributed by atoms with van der Waals surface area (Å²) < 4.78 is 0. The molecule has 0 unspecified atom stereocenters. The highest BCUT2D eigenvalue weighted by atomic mass is 16.3. The Bertz CT molecular complexity index is 459. The van der Waals surface area contributed by atoms with Crippen LogP contribution in [0.4, 0.5) is 0 Å². The van der Waals surface area contributed by atoms with Crippen LogP contribution in [-0.4, -0.2) is 10.7 Å². The first-order valence-electron chi connectivity index (χ1n) is 6.75. The van der Waals surface area contributed by atoms with Crippen molar-refractivity contribution in [3.63, 3.8) is 0 Å². The Morgan fingerprint density at radius 1 is 1.06 bits per heavy atom. The van der Waals surface area contributed by atoms with Gasteiger partial charge in [0.15, 0.2) is 0 Å². The average molecular weight is 242 g/mol. The lowest BCUT2D eigenvalue weighted by Gasteiger charge is -2.18. The zero-order valence-electron chi connectivity index (χ0n) is 11.6. The molecule has 1 N–H and O–H groups in total. The maximum absolute atomic E-state index is 10.2. The number of benzene rings is 1. The predicted octanol–water partition coefficient (Wildman–Crippen LogP) is 3.64. The van der Waals surface area contributed by atoms with Gasteiger partial charge in [-0.3, -0.25) is 0 Å². The van der Waals surface area contributed by atoms with E-state index in [9.17, 15) is 5.11 Å². The van der Waals surface area contributed by atoms with Gasteiger partial charge in [-0.2, -0.15) is 0 Å². The molecular formula is C17H22O. The quantitative estimate of drug-likeness (QED) is 0.689. The van der Waals surface area contributed by atoms with Crippen molar-refractivity contribution in [3.05, 3.63) is 35.4 Å². The normalized spacial score (nSPS) is 18.2. The molecule has 0 bridgehead atoms. The zero-order chi connectivity index (χ0) is 13.2. The van der Waals surface area contributed by atoms with Gasteiger partial charge in [0.2, 0.25) is 0 Å². The molecule has 1 nitrogen and oxygen atoms in total. The van der Waals surface area contributed by atoms with Gasteiger partial charge in [0.1, 0.15) is 5.60 Å². The van der Waals surface area contributed by atoms with Crippen LogP contribution in [0.5, 0.6) is 0 Å². The number of hydrogen-bond donors (Lipinski definition) is 1. The summed E-state index contributed by atoms with van der Waals surface area (Å²) in [6.45, 7) is 6.61. The van der Waals surface area contributed by atoms with Gasteiger partial charge < -0.3 is 5.11 Å². The molecule has 1 heteroatoms. The molecule has 1 aliphatic carbocycles. The minimum Gasteiger partial charge on any atom is -0.378 e. The molecule has 18 heavy (non-hydrogen) atoms. The monoisotopic (exact) mass is 242 g/mol. The first-order chi connectivity index (χ1) is 8.39. The van der Waals surface area contributed by atoms with Gasteiger partial charge >= 0.3 is 0 Å². The number of aliphatic hydroxyl groups is 1. The van der Waals surface area contributed by atoms with Crippen LogP contribution in [0, 0.1) is 11.8 Å². The van der Waals surface area contributed by atoms with E-state index in [1.54, 1.807) is 0 Å². The van der Waals surface area contributed by atoms with Crippen LogP contribution in [0.25, 0.3) is 0 Å². The van der Waals surface area contributed by atoms with Gasteiger partial charge in [-0.05, 0) is 48.8 Å². The Hall–Kier alpha value is -1.26. The first kappa shape index (κ1) is 13.2. The Labute approximate surface area is 110 Å². The average Bonchev–Trinajstić information content (AvgIpc) is 2.74. The van der Waals surface area contributed by atoms with Crippen LogP contribution in [0.15, 0.2) is 24.3 Å². The fraction of sp³-hybridized carbons (Fsp3) is 0.529. The fourth-order valence-corrected chi connectivity index (χ4v) is 2.33. The van der Waals surface area contributed by atoms with E-state index < -0.39 is 5.60 Å². The third-order valence-corrected chi connectivity index (χ3v) is 3.62. The molecule has 0 saturated heterocycles. The molecule has 0 aliphatic heterocycles. The summed E-state index contributed by atoms with van der Waals surface area (Å²) in [7, 11) is 0. The molecule has 0 amide bonds. The largest absolute Gasteiger partial charge is 0.378 e. The van der Waals surface area contributed by atoms with Crippen molar-refractivity contribution in [1.29, 1.82) is 0 Å². The number of rotatable bonds is 0. The number of hydrogen-bond acceptors (Lipinski definition) is 1. The van der Waals surface area contributed by atoms with Gasteiger partial charge in [-0.25, -0.2) is 0 Å². The van der Waals surface area contributed by atoms with Crippen LogP contribution in [0.1, 0.15) is 57.6 Å². The van der Waals surface area contributed by atoms with Crippen molar-refractivity contribution < 1.29 is 5.11 Å². The van der Waals surface area contributed by atoms with Crippen LogP contribution >= 0.6 is 0 Å². The lowest BCUT2D eigenvalue weighted by Crippen LogP contribution is -2.20. The summed E-state index contributed by atoms with van der Waals surface area (Å²) in [6.07, 6.45) is 3.82. The van der Waals surface area contributed by atoms with Crippen molar-refractivity contribution in [2.75, 3.05) is 0 Å². The van der Waals surface area contributed by atoms with E-state index in [1.807, 2.05) is 12.1 Å². The van der Waals surface area contributed by atoms with Gasteiger partial charge in [0.25, 0.3) is 0 Å². The van der Waals surface area contributed by atoms with E-state index >= 15 is 0 Å². The molecular weight excluding hydrogens is 220 g/mol. The molecule has 0 spiro atoms. The smallest absolute Gasteiger partial charge is 0.125 e. The summed E-state index contributed by atoms with van der Waals surface area (Å²) in [6, 6.07) is 8.35. The van der Waals surface area contributed by atoms with Crippen molar-refractivity contribution >= 4 is 0 Å². The summed E-state index contributed by atoms with van der Waals surface area (Å²) >= 11 is 0. The maximum atomic E-state index is 10.2. The van der Waals surface area contributed by atoms with Crippen LogP contribution in [0.2, 0.25) is 0 Å². The first-order valence-corrected chi connectivity index (χ1v) is 6.75. The van der Waals surface area contributed by atoms with E-state index in [0.29, 0.717) is 0 Å². The Kier molecular flexibility index (Phi) is 3.50. The van der Waals surface area contributed by atoms with Crippen LogP contribution in [-0.2, 0) is 5.41 Å².